The zero-order valence-electron chi connectivity index (χ0n) is 17.9. The number of hydrogen-bond acceptors (Lipinski definition) is 2. The highest BCUT2D eigenvalue weighted by molar-refractivity contribution is 5.78. The molecule has 1 saturated heterocycles. The summed E-state index contributed by atoms with van der Waals surface area (Å²) < 4.78 is 14.3. The van der Waals surface area contributed by atoms with Gasteiger partial charge in [0.1, 0.15) is 23.6 Å². The van der Waals surface area contributed by atoms with E-state index in [9.17, 15) is 0 Å². The van der Waals surface area contributed by atoms with E-state index < -0.39 is 0 Å². The van der Waals surface area contributed by atoms with E-state index in [0.717, 1.165) is 29.2 Å². The molecule has 0 radical (unpaired) electrons. The maximum atomic E-state index is 6.33. The van der Waals surface area contributed by atoms with E-state index in [0.29, 0.717) is 16.9 Å². The molecule has 3 aromatic rings. The maximum absolute atomic E-state index is 6.33. The lowest BCUT2D eigenvalue weighted by Gasteiger charge is -2.36. The van der Waals surface area contributed by atoms with Gasteiger partial charge in [-0.2, -0.15) is 0 Å². The molecule has 1 saturated carbocycles. The van der Waals surface area contributed by atoms with Gasteiger partial charge in [-0.25, -0.2) is 4.58 Å². The van der Waals surface area contributed by atoms with Crippen molar-refractivity contribution in [2.75, 3.05) is 13.7 Å². The maximum Gasteiger partial charge on any atom is 0.215 e. The molecule has 2 atom stereocenters. The highest BCUT2D eigenvalue weighted by atomic mass is 16.5. The minimum atomic E-state index is 0.390. The highest BCUT2D eigenvalue weighted by Crippen LogP contribution is 2.50. The van der Waals surface area contributed by atoms with Crippen LogP contribution in [0.1, 0.15) is 40.0 Å². The summed E-state index contributed by atoms with van der Waals surface area (Å²) in [6.45, 7) is 8.46. The van der Waals surface area contributed by atoms with Gasteiger partial charge in [0, 0.05) is 23.8 Å². The Morgan fingerprint density at radius 3 is 2.52 bits per heavy atom. The molecule has 1 aromatic heterocycles. The average Bonchev–Trinajstić information content (AvgIpc) is 2.95. The average molecular weight is 389 g/mol. The fraction of sp³-hybridized carbons (Fsp3) is 0.423. The monoisotopic (exact) mass is 388 g/mol. The van der Waals surface area contributed by atoms with E-state index in [1.807, 2.05) is 12.1 Å². The van der Waals surface area contributed by atoms with Crippen LogP contribution in [0, 0.1) is 10.8 Å². The Balaban J connectivity index is 1.74. The topological polar surface area (TPSA) is 25.4 Å². The molecule has 3 heteroatoms. The van der Waals surface area contributed by atoms with Crippen molar-refractivity contribution in [2.45, 2.75) is 46.1 Å². The Morgan fingerprint density at radius 2 is 1.76 bits per heavy atom. The largest absolute Gasteiger partial charge is 0.497 e. The van der Waals surface area contributed by atoms with Crippen molar-refractivity contribution in [1.29, 1.82) is 0 Å². The summed E-state index contributed by atoms with van der Waals surface area (Å²) in [5.74, 6) is 1.77. The molecule has 1 aliphatic carbocycles. The first-order valence-corrected chi connectivity index (χ1v) is 10.6. The summed E-state index contributed by atoms with van der Waals surface area (Å²) in [7, 11) is 1.70. The van der Waals surface area contributed by atoms with Crippen molar-refractivity contribution in [2.24, 2.45) is 10.8 Å². The third-order valence-corrected chi connectivity index (χ3v) is 6.75. The lowest BCUT2D eigenvalue weighted by molar-refractivity contribution is 0.135. The van der Waals surface area contributed by atoms with Gasteiger partial charge in [0.25, 0.3) is 0 Å². The molecular formula is C26H30NO2+. The van der Waals surface area contributed by atoms with Crippen molar-refractivity contribution in [3.63, 3.8) is 0 Å². The summed E-state index contributed by atoms with van der Waals surface area (Å²) in [6.07, 6.45) is 3.84. The molecule has 29 heavy (non-hydrogen) atoms. The summed E-state index contributed by atoms with van der Waals surface area (Å²) in [4.78, 5) is 0. The van der Waals surface area contributed by atoms with Crippen LogP contribution in [-0.2, 0) is 0 Å². The number of para-hydroxylation sites is 1. The molecule has 1 aliphatic heterocycles. The summed E-state index contributed by atoms with van der Waals surface area (Å²) >= 11 is 0. The summed E-state index contributed by atoms with van der Waals surface area (Å²) in [5, 5.41) is 2.52. The van der Waals surface area contributed by atoms with Crippen LogP contribution in [-0.4, -0.2) is 19.7 Å². The number of fused-ring (bicyclic) bond motifs is 3. The fourth-order valence-corrected chi connectivity index (χ4v) is 5.99. The zero-order valence-corrected chi connectivity index (χ0v) is 17.9. The Bertz CT molecular complexity index is 1140. The fourth-order valence-electron chi connectivity index (χ4n) is 5.99. The third kappa shape index (κ3) is 3.27. The predicted molar refractivity (Wildman–Crippen MR) is 118 cm³/mol. The van der Waals surface area contributed by atoms with Gasteiger partial charge >= 0.3 is 0 Å². The molecule has 0 amide bonds. The van der Waals surface area contributed by atoms with Gasteiger partial charge in [-0.05, 0) is 48.2 Å². The molecular weight excluding hydrogens is 358 g/mol. The number of nitrogens with zero attached hydrogens (tertiary/aromatic N) is 1. The molecule has 0 unspecified atom stereocenters. The third-order valence-electron chi connectivity index (χ3n) is 6.75. The van der Waals surface area contributed by atoms with E-state index >= 15 is 0 Å². The second-order valence-electron chi connectivity index (χ2n) is 10.1. The Morgan fingerprint density at radius 1 is 1.00 bits per heavy atom. The van der Waals surface area contributed by atoms with Crippen molar-refractivity contribution in [1.82, 2.24) is 4.58 Å². The van der Waals surface area contributed by atoms with Crippen molar-refractivity contribution >= 4 is 11.0 Å². The van der Waals surface area contributed by atoms with Crippen molar-refractivity contribution in [3.8, 4) is 17.1 Å². The number of methoxy groups -OCH3 is 1. The van der Waals surface area contributed by atoms with Crippen molar-refractivity contribution in [3.05, 3.63) is 60.0 Å². The molecule has 3 nitrogen and oxygen atoms in total. The lowest BCUT2D eigenvalue weighted by atomic mass is 9.65. The van der Waals surface area contributed by atoms with E-state index in [1.54, 1.807) is 7.11 Å². The zero-order chi connectivity index (χ0) is 20.2. The SMILES string of the molecule is COc1ccc(-c2cc(=[N+]3C[C@]4(C)C[C@H]3CC(C)(C)C4)c3ccccc3o2)cc1. The Labute approximate surface area is 172 Å². The smallest absolute Gasteiger partial charge is 0.215 e. The molecule has 0 spiro atoms. The highest BCUT2D eigenvalue weighted by Gasteiger charge is 2.53. The summed E-state index contributed by atoms with van der Waals surface area (Å²) in [5.41, 5.74) is 2.81. The van der Waals surface area contributed by atoms with E-state index in [-0.39, 0.29) is 0 Å². The summed E-state index contributed by atoms with van der Waals surface area (Å²) in [6, 6.07) is 19.4. The van der Waals surface area contributed by atoms with Gasteiger partial charge < -0.3 is 9.15 Å². The first-order chi connectivity index (χ1) is 13.9. The van der Waals surface area contributed by atoms with Crippen LogP contribution >= 0.6 is 0 Å². The van der Waals surface area contributed by atoms with Crippen molar-refractivity contribution < 1.29 is 9.15 Å². The van der Waals surface area contributed by atoms with Gasteiger partial charge in [-0.15, -0.1) is 0 Å². The van der Waals surface area contributed by atoms with Crippen LogP contribution in [0.3, 0.4) is 0 Å². The first kappa shape index (κ1) is 18.5. The predicted octanol–water partition coefficient (Wildman–Crippen LogP) is 5.48. The first-order valence-electron chi connectivity index (χ1n) is 10.6. The molecule has 2 aliphatic rings. The van der Waals surface area contributed by atoms with E-state index in [4.69, 9.17) is 9.15 Å². The van der Waals surface area contributed by atoms with E-state index in [1.165, 1.54) is 30.0 Å². The van der Waals surface area contributed by atoms with Gasteiger partial charge in [0.05, 0.1) is 18.6 Å². The van der Waals surface area contributed by atoms with Gasteiger partial charge in [0.2, 0.25) is 5.36 Å². The van der Waals surface area contributed by atoms with Crippen LogP contribution < -0.4 is 14.7 Å². The van der Waals surface area contributed by atoms with E-state index in [2.05, 4.69) is 67.8 Å². The lowest BCUT2D eigenvalue weighted by Crippen LogP contribution is -2.37. The minimum Gasteiger partial charge on any atom is -0.497 e. The molecule has 0 N–H and O–H groups in total. The van der Waals surface area contributed by atoms with Crippen LogP contribution in [0.4, 0.5) is 0 Å². The van der Waals surface area contributed by atoms with Gasteiger partial charge in [0.15, 0.2) is 6.04 Å². The molecule has 5 rings (SSSR count). The second-order valence-corrected chi connectivity index (χ2v) is 10.1. The van der Waals surface area contributed by atoms with Crippen LogP contribution in [0.25, 0.3) is 22.3 Å². The molecule has 2 heterocycles. The molecule has 150 valence electrons. The van der Waals surface area contributed by atoms with Gasteiger partial charge in [-0.1, -0.05) is 32.9 Å². The minimum absolute atomic E-state index is 0.390. The normalized spacial score (nSPS) is 27.2. The van der Waals surface area contributed by atoms with Gasteiger partial charge in [-0.3, -0.25) is 0 Å². The second kappa shape index (κ2) is 6.48. The van der Waals surface area contributed by atoms with Crippen LogP contribution in [0.15, 0.2) is 59.0 Å². The standard InChI is InChI=1S/C26H30NO2/c1-25(2)14-19-15-26(3,16-25)17-27(19)22-13-24(18-9-11-20(28-4)12-10-18)29-23-8-6-5-7-21(22)23/h5-13,19H,14-17H2,1-4H3/q+1/t19-,26-/m1/s1. The number of ether oxygens (including phenoxy) is 1. The Hall–Kier alpha value is -2.55. The molecule has 2 bridgehead atoms. The number of hydrogen-bond donors (Lipinski definition) is 0. The molecule has 2 aromatic carbocycles. The quantitative estimate of drug-likeness (QED) is 0.543. The van der Waals surface area contributed by atoms with Crippen LogP contribution in [0.5, 0.6) is 5.75 Å². The number of rotatable bonds is 2. The molecule has 2 fully saturated rings. The number of benzene rings is 2. The van der Waals surface area contributed by atoms with Crippen LogP contribution in [0.2, 0.25) is 0 Å². The Kier molecular flexibility index (Phi) is 4.13.